The van der Waals surface area contributed by atoms with E-state index in [1.807, 2.05) is 23.8 Å². The zero-order valence-corrected chi connectivity index (χ0v) is 10.9. The van der Waals surface area contributed by atoms with Crippen molar-refractivity contribution in [2.75, 3.05) is 5.32 Å². The third-order valence-electron chi connectivity index (χ3n) is 2.95. The highest BCUT2D eigenvalue weighted by atomic mass is 16.6. The summed E-state index contributed by atoms with van der Waals surface area (Å²) in [4.78, 5) is 14.5. The van der Waals surface area contributed by atoms with Crippen LogP contribution in [-0.2, 0) is 6.54 Å². The lowest BCUT2D eigenvalue weighted by atomic mass is 10.1. The number of nitrogens with one attached hydrogen (secondary N) is 1. The van der Waals surface area contributed by atoms with Gasteiger partial charge < -0.3 is 9.88 Å². The van der Waals surface area contributed by atoms with Gasteiger partial charge in [-0.05, 0) is 19.9 Å². The van der Waals surface area contributed by atoms with E-state index in [-0.39, 0.29) is 16.7 Å². The maximum absolute atomic E-state index is 10.9. The lowest BCUT2D eigenvalue weighted by molar-refractivity contribution is -0.385. The van der Waals surface area contributed by atoms with E-state index in [1.165, 1.54) is 6.07 Å². The number of hydrogen-bond donors (Lipinski definition) is 1. The first-order valence-electron chi connectivity index (χ1n) is 6.04. The SMILES string of the molecule is Cc1c(NC(C)Cn2ccnc2)cccc1[N+](=O)[O-]. The van der Waals surface area contributed by atoms with Gasteiger partial charge in [0.15, 0.2) is 0 Å². The zero-order valence-electron chi connectivity index (χ0n) is 10.9. The molecule has 1 atom stereocenters. The second kappa shape index (κ2) is 5.51. The molecule has 1 N–H and O–H groups in total. The fraction of sp³-hybridized carbons (Fsp3) is 0.308. The molecule has 0 bridgehead atoms. The zero-order chi connectivity index (χ0) is 13.8. The minimum Gasteiger partial charge on any atom is -0.380 e. The molecule has 2 rings (SSSR count). The molecule has 0 aliphatic carbocycles. The maximum Gasteiger partial charge on any atom is 0.274 e. The average Bonchev–Trinajstić information content (AvgIpc) is 2.84. The van der Waals surface area contributed by atoms with E-state index in [9.17, 15) is 10.1 Å². The molecule has 1 heterocycles. The number of nitro groups is 1. The van der Waals surface area contributed by atoms with Crippen molar-refractivity contribution in [2.45, 2.75) is 26.4 Å². The number of hydrogen-bond acceptors (Lipinski definition) is 4. The summed E-state index contributed by atoms with van der Waals surface area (Å²) >= 11 is 0. The summed E-state index contributed by atoms with van der Waals surface area (Å²) in [6.45, 7) is 4.53. The molecule has 0 aliphatic heterocycles. The van der Waals surface area contributed by atoms with Crippen LogP contribution in [0.25, 0.3) is 0 Å². The molecule has 1 unspecified atom stereocenters. The van der Waals surface area contributed by atoms with E-state index in [4.69, 9.17) is 0 Å². The van der Waals surface area contributed by atoms with E-state index >= 15 is 0 Å². The van der Waals surface area contributed by atoms with Gasteiger partial charge in [0, 0.05) is 42.3 Å². The summed E-state index contributed by atoms with van der Waals surface area (Å²) in [6.07, 6.45) is 5.36. The first-order chi connectivity index (χ1) is 9.08. The predicted octanol–water partition coefficient (Wildman–Crippen LogP) is 2.60. The van der Waals surface area contributed by atoms with E-state index in [0.717, 1.165) is 12.2 Å². The third-order valence-corrected chi connectivity index (χ3v) is 2.95. The van der Waals surface area contributed by atoms with Crippen LogP contribution in [0.15, 0.2) is 36.9 Å². The fourth-order valence-corrected chi connectivity index (χ4v) is 2.00. The molecule has 19 heavy (non-hydrogen) atoms. The van der Waals surface area contributed by atoms with Gasteiger partial charge in [0.05, 0.1) is 11.3 Å². The molecule has 6 heteroatoms. The Morgan fingerprint density at radius 3 is 2.95 bits per heavy atom. The van der Waals surface area contributed by atoms with Crippen molar-refractivity contribution < 1.29 is 4.92 Å². The molecule has 0 aliphatic rings. The van der Waals surface area contributed by atoms with Gasteiger partial charge in [0.2, 0.25) is 0 Å². The lowest BCUT2D eigenvalue weighted by Gasteiger charge is -2.17. The van der Waals surface area contributed by atoms with Crippen molar-refractivity contribution >= 4 is 11.4 Å². The van der Waals surface area contributed by atoms with Crippen LogP contribution in [0.5, 0.6) is 0 Å². The van der Waals surface area contributed by atoms with Gasteiger partial charge in [-0.15, -0.1) is 0 Å². The molecule has 0 amide bonds. The van der Waals surface area contributed by atoms with E-state index in [1.54, 1.807) is 25.5 Å². The molecule has 0 radical (unpaired) electrons. The minimum atomic E-state index is -0.360. The Balaban J connectivity index is 2.10. The highest BCUT2D eigenvalue weighted by Crippen LogP contribution is 2.25. The number of benzene rings is 1. The quantitative estimate of drug-likeness (QED) is 0.662. The monoisotopic (exact) mass is 260 g/mol. The van der Waals surface area contributed by atoms with Crippen LogP contribution >= 0.6 is 0 Å². The van der Waals surface area contributed by atoms with Crippen molar-refractivity contribution in [3.8, 4) is 0 Å². The lowest BCUT2D eigenvalue weighted by Crippen LogP contribution is -2.21. The summed E-state index contributed by atoms with van der Waals surface area (Å²) in [6, 6.07) is 5.21. The molecular weight excluding hydrogens is 244 g/mol. The molecule has 1 aromatic heterocycles. The molecular formula is C13H16N4O2. The van der Waals surface area contributed by atoms with Gasteiger partial charge in [-0.2, -0.15) is 0 Å². The number of nitro benzene ring substituents is 1. The van der Waals surface area contributed by atoms with Gasteiger partial charge in [-0.25, -0.2) is 4.98 Å². The van der Waals surface area contributed by atoms with Crippen LogP contribution < -0.4 is 5.32 Å². The highest BCUT2D eigenvalue weighted by molar-refractivity contribution is 5.60. The summed E-state index contributed by atoms with van der Waals surface area (Å²) in [5.74, 6) is 0. The Morgan fingerprint density at radius 2 is 2.32 bits per heavy atom. The van der Waals surface area contributed by atoms with Gasteiger partial charge in [-0.3, -0.25) is 10.1 Å². The van der Waals surface area contributed by atoms with Crippen molar-refractivity contribution in [3.05, 3.63) is 52.6 Å². The summed E-state index contributed by atoms with van der Waals surface area (Å²) in [7, 11) is 0. The van der Waals surface area contributed by atoms with Crippen LogP contribution in [0, 0.1) is 17.0 Å². The Hall–Kier alpha value is -2.37. The topological polar surface area (TPSA) is 73.0 Å². The molecule has 1 aromatic carbocycles. The Morgan fingerprint density at radius 1 is 1.53 bits per heavy atom. The van der Waals surface area contributed by atoms with Crippen LogP contribution in [0.2, 0.25) is 0 Å². The number of rotatable bonds is 5. The Labute approximate surface area is 111 Å². The van der Waals surface area contributed by atoms with Crippen LogP contribution in [-0.4, -0.2) is 20.5 Å². The normalized spacial score (nSPS) is 12.1. The molecule has 0 saturated heterocycles. The van der Waals surface area contributed by atoms with Crippen LogP contribution in [0.1, 0.15) is 12.5 Å². The Bertz CT molecular complexity index is 566. The first kappa shape index (κ1) is 13.1. The minimum absolute atomic E-state index is 0.139. The summed E-state index contributed by atoms with van der Waals surface area (Å²) < 4.78 is 1.96. The smallest absolute Gasteiger partial charge is 0.274 e. The molecule has 0 saturated carbocycles. The van der Waals surface area contributed by atoms with Gasteiger partial charge in [0.1, 0.15) is 0 Å². The molecule has 100 valence electrons. The second-order valence-corrected chi connectivity index (χ2v) is 4.51. The summed E-state index contributed by atoms with van der Waals surface area (Å²) in [5, 5.41) is 14.2. The van der Waals surface area contributed by atoms with E-state index in [2.05, 4.69) is 10.3 Å². The highest BCUT2D eigenvalue weighted by Gasteiger charge is 2.14. The average molecular weight is 260 g/mol. The van der Waals surface area contributed by atoms with Gasteiger partial charge >= 0.3 is 0 Å². The van der Waals surface area contributed by atoms with Crippen molar-refractivity contribution in [1.82, 2.24) is 9.55 Å². The molecule has 2 aromatic rings. The second-order valence-electron chi connectivity index (χ2n) is 4.51. The molecule has 6 nitrogen and oxygen atoms in total. The van der Waals surface area contributed by atoms with Crippen molar-refractivity contribution in [3.63, 3.8) is 0 Å². The number of aromatic nitrogens is 2. The van der Waals surface area contributed by atoms with Crippen LogP contribution in [0.3, 0.4) is 0 Å². The fourth-order valence-electron chi connectivity index (χ4n) is 2.00. The first-order valence-corrected chi connectivity index (χ1v) is 6.04. The van der Waals surface area contributed by atoms with Crippen molar-refractivity contribution in [1.29, 1.82) is 0 Å². The van der Waals surface area contributed by atoms with Gasteiger partial charge in [-0.1, -0.05) is 6.07 Å². The molecule has 0 fully saturated rings. The third kappa shape index (κ3) is 3.09. The largest absolute Gasteiger partial charge is 0.380 e. The van der Waals surface area contributed by atoms with Crippen molar-refractivity contribution in [2.24, 2.45) is 0 Å². The van der Waals surface area contributed by atoms with E-state index < -0.39 is 0 Å². The number of imidazole rings is 1. The molecule has 0 spiro atoms. The maximum atomic E-state index is 10.9. The summed E-state index contributed by atoms with van der Waals surface area (Å²) in [5.41, 5.74) is 1.59. The number of nitrogens with zero attached hydrogens (tertiary/aromatic N) is 3. The predicted molar refractivity (Wildman–Crippen MR) is 73.1 cm³/mol. The standard InChI is InChI=1S/C13H16N4O2/c1-10(8-16-7-6-14-9-16)15-12-4-3-5-13(11(12)2)17(18)19/h3-7,9-10,15H,8H2,1-2H3. The van der Waals surface area contributed by atoms with Gasteiger partial charge in [0.25, 0.3) is 5.69 Å². The van der Waals surface area contributed by atoms with E-state index in [0.29, 0.717) is 5.56 Å². The van der Waals surface area contributed by atoms with Crippen LogP contribution in [0.4, 0.5) is 11.4 Å². The Kier molecular flexibility index (Phi) is 3.79. The number of anilines is 1.